The highest BCUT2D eigenvalue weighted by molar-refractivity contribution is 5.83. The molecule has 0 saturated carbocycles. The van der Waals surface area contributed by atoms with E-state index in [9.17, 15) is 43.2 Å². The van der Waals surface area contributed by atoms with E-state index in [-0.39, 0.29) is 310 Å². The van der Waals surface area contributed by atoms with Crippen LogP contribution in [-0.4, -0.2) is 211 Å². The van der Waals surface area contributed by atoms with E-state index in [2.05, 4.69) is 154 Å². The van der Waals surface area contributed by atoms with Gasteiger partial charge >= 0.3 is 0 Å². The van der Waals surface area contributed by atoms with E-state index in [1.807, 2.05) is 0 Å². The van der Waals surface area contributed by atoms with E-state index in [1.165, 1.54) is 0 Å². The van der Waals surface area contributed by atoms with Gasteiger partial charge in [-0.1, -0.05) is 46.0 Å². The Morgan fingerprint density at radius 3 is 0.437 bits per heavy atom. The molecular formula is C67H116N40O12. The van der Waals surface area contributed by atoms with Crippen LogP contribution in [0.25, 0.3) is 94.0 Å². The van der Waals surface area contributed by atoms with Gasteiger partial charge in [0.25, 0.3) is 0 Å². The Labute approximate surface area is 687 Å². The van der Waals surface area contributed by atoms with Crippen LogP contribution in [0.15, 0.2) is 46.0 Å². The number of hydrogen-bond acceptors (Lipinski definition) is 22. The van der Waals surface area contributed by atoms with Crippen LogP contribution in [0, 0.1) is 0 Å². The van der Waals surface area contributed by atoms with Gasteiger partial charge in [-0.05, 0) is 185 Å². The summed E-state index contributed by atoms with van der Waals surface area (Å²) in [6, 6.07) is 0. The minimum atomic E-state index is -1.75. The number of nitrogens with two attached hydrogens (primary N) is 1. The normalized spacial score (nSPS) is 12.3. The topological polar surface area (TPSA) is 814 Å². The fraction of sp³-hybridized carbons (Fsp3) is 0.821. The van der Waals surface area contributed by atoms with E-state index in [0.29, 0.717) is 0 Å². The predicted octanol–water partition coefficient (Wildman–Crippen LogP) is 7.96. The highest BCUT2D eigenvalue weighted by Crippen LogP contribution is 2.32. The van der Waals surface area contributed by atoms with E-state index >= 15 is 14.4 Å². The molecule has 119 heavy (non-hydrogen) atoms. The maximum absolute atomic E-state index is 15.1. The lowest BCUT2D eigenvalue weighted by atomic mass is 9.80. The number of hydrogen-bond donors (Lipinski definition) is 13. The first-order valence-electron chi connectivity index (χ1n) is 39.6. The molecule has 0 spiro atoms. The van der Waals surface area contributed by atoms with Crippen molar-refractivity contribution in [2.24, 2.45) is 51.8 Å². The third kappa shape index (κ3) is 59.7. The maximum atomic E-state index is 15.1. The highest BCUT2D eigenvalue weighted by atomic mass is 16.2. The van der Waals surface area contributed by atoms with Gasteiger partial charge in [-0.2, -0.15) is 0 Å². The molecule has 0 aromatic heterocycles. The van der Waals surface area contributed by atoms with Crippen LogP contribution in [0.5, 0.6) is 0 Å². The summed E-state index contributed by atoms with van der Waals surface area (Å²) in [5, 5.41) is 65.0. The summed E-state index contributed by atoms with van der Waals surface area (Å²) in [4.78, 5) is 192. The van der Waals surface area contributed by atoms with Crippen molar-refractivity contribution in [2.75, 3.05) is 118 Å². The summed E-state index contributed by atoms with van der Waals surface area (Å²) >= 11 is 0. The first-order chi connectivity index (χ1) is 57.4. The number of azide groups is 9. The molecule has 0 heterocycles. The van der Waals surface area contributed by atoms with E-state index in [0.717, 1.165) is 0 Å². The predicted molar refractivity (Wildman–Crippen MR) is 435 cm³/mol. The highest BCUT2D eigenvalue weighted by Gasteiger charge is 2.39. The Kier molecular flexibility index (Phi) is 62.3. The van der Waals surface area contributed by atoms with Crippen LogP contribution in [-0.2, 0) is 57.5 Å². The number of carbonyl (C=O) groups is 12. The lowest BCUT2D eigenvalue weighted by Crippen LogP contribution is -2.53. The van der Waals surface area contributed by atoms with E-state index < -0.39 is 112 Å². The monoisotopic (exact) mass is 1670 g/mol. The van der Waals surface area contributed by atoms with E-state index in [4.69, 9.17) is 55.5 Å². The second-order valence-electron chi connectivity index (χ2n) is 27.8. The summed E-state index contributed by atoms with van der Waals surface area (Å²) in [7, 11) is 0. The fourth-order valence-electron chi connectivity index (χ4n) is 12.0. The van der Waals surface area contributed by atoms with Gasteiger partial charge in [0.1, 0.15) is 0 Å². The lowest BCUT2D eigenvalue weighted by molar-refractivity contribution is -0.128. The Hall–Kier alpha value is -12.6. The Bertz CT molecular complexity index is 2970. The van der Waals surface area contributed by atoms with Gasteiger partial charge in [0.15, 0.2) is 0 Å². The third-order valence-corrected chi connectivity index (χ3v) is 18.6. The third-order valence-electron chi connectivity index (χ3n) is 18.6. The number of nitrogens with zero attached hydrogens (tertiary/aromatic N) is 27. The largest absolute Gasteiger partial charge is 0.356 e. The Morgan fingerprint density at radius 2 is 0.319 bits per heavy atom. The maximum Gasteiger partial charge on any atom is 0.220 e. The van der Waals surface area contributed by atoms with Crippen molar-refractivity contribution < 1.29 is 57.5 Å². The smallest absolute Gasteiger partial charge is 0.220 e. The van der Waals surface area contributed by atoms with E-state index in [1.54, 1.807) is 0 Å². The zero-order valence-electron chi connectivity index (χ0n) is 67.6. The number of nitrogens with one attached hydrogen (secondary N) is 12. The summed E-state index contributed by atoms with van der Waals surface area (Å²) in [5.74, 6) is -6.90. The van der Waals surface area contributed by atoms with Crippen LogP contribution < -0.4 is 69.5 Å². The summed E-state index contributed by atoms with van der Waals surface area (Å²) in [5.41, 5.74) is 80.3. The van der Waals surface area contributed by atoms with Gasteiger partial charge < -0.3 is 69.5 Å². The van der Waals surface area contributed by atoms with Crippen LogP contribution >= 0.6 is 0 Å². The van der Waals surface area contributed by atoms with Crippen LogP contribution in [0.4, 0.5) is 0 Å². The van der Waals surface area contributed by atoms with Crippen LogP contribution in [0.3, 0.4) is 0 Å². The molecule has 0 saturated heterocycles. The fourth-order valence-corrected chi connectivity index (χ4v) is 12.0. The molecule has 0 aliphatic heterocycles. The lowest BCUT2D eigenvalue weighted by Gasteiger charge is -2.37. The minimum absolute atomic E-state index is 0.0577. The second kappa shape index (κ2) is 69.7. The Morgan fingerprint density at radius 1 is 0.202 bits per heavy atom. The second-order valence-corrected chi connectivity index (χ2v) is 27.8. The zero-order chi connectivity index (χ0) is 88.2. The number of amides is 12. The molecule has 0 aromatic rings. The van der Waals surface area contributed by atoms with Gasteiger partial charge in [0, 0.05) is 261 Å². The Balaban J connectivity index is 8.63. The van der Waals surface area contributed by atoms with Crippen molar-refractivity contribution in [3.05, 3.63) is 94.0 Å². The van der Waals surface area contributed by atoms with Crippen LogP contribution in [0.1, 0.15) is 212 Å². The quantitative estimate of drug-likeness (QED) is 0.0119. The van der Waals surface area contributed by atoms with Crippen molar-refractivity contribution in [3.63, 3.8) is 0 Å². The van der Waals surface area contributed by atoms with Crippen molar-refractivity contribution >= 4 is 70.9 Å². The number of rotatable bonds is 75. The molecule has 0 atom stereocenters. The summed E-state index contributed by atoms with van der Waals surface area (Å²) in [6.45, 7) is 1.28. The molecule has 0 unspecified atom stereocenters. The van der Waals surface area contributed by atoms with Crippen molar-refractivity contribution in [3.8, 4) is 0 Å². The first-order valence-corrected chi connectivity index (χ1v) is 39.6. The summed E-state index contributed by atoms with van der Waals surface area (Å²) < 4.78 is 0. The molecule has 0 rings (SSSR count). The first kappa shape index (κ1) is 106. The molecule has 52 nitrogen and oxygen atoms in total. The van der Waals surface area contributed by atoms with Gasteiger partial charge in [-0.3, -0.25) is 57.5 Å². The molecule has 656 valence electrons. The molecule has 0 aromatic carbocycles. The van der Waals surface area contributed by atoms with Gasteiger partial charge in [0.05, 0.1) is 0 Å². The van der Waals surface area contributed by atoms with Gasteiger partial charge in [-0.15, -0.1) is 0 Å². The van der Waals surface area contributed by atoms with Crippen LogP contribution in [0.2, 0.25) is 0 Å². The zero-order valence-corrected chi connectivity index (χ0v) is 67.6. The van der Waals surface area contributed by atoms with Crippen molar-refractivity contribution in [1.82, 2.24) is 63.8 Å². The molecule has 0 fully saturated rings. The average molecular weight is 1670 g/mol. The molecule has 14 N–H and O–H groups in total. The van der Waals surface area contributed by atoms with Crippen molar-refractivity contribution in [2.45, 2.75) is 234 Å². The molecule has 52 heteroatoms. The summed E-state index contributed by atoms with van der Waals surface area (Å²) in [6.07, 6.45) is -4.42. The average Bonchev–Trinajstić information content (AvgIpc) is 0.954. The molecule has 0 aliphatic rings. The standard InChI is InChI=1S/C67H116N40O12/c68-64(22-10-61(117)96-65(25-13-52(108)78-34-1-43-87-99-69,26-14-53(109)79-35-2-44-88-100-70)27-15-54(110)80-36-3-45-89-101-71,23-11-62(118)97-66(28-16-55(111)81-37-4-46-90-102-72,29-17-56(112)82-38-5-47-91-103-73)30-18-57(113)83-39-6-48-92-104-74)24-12-63(119)98-67(31-19-58(114)84-40-7-49-93-105-75,32-20-59(115)85-41-8-50-94-106-76)33-21-60(116)86-42-9-51-95-107-77/h1-51,68H2,(H,78,108)(H,79,109)(H,80,110)(H,81,111)(H,82,112)(H,83,113)(H,84,114)(H,85,115)(H,86,116)(H,96,117)(H,97,118)(H,98,119). The van der Waals surface area contributed by atoms with Crippen molar-refractivity contribution in [1.29, 1.82) is 0 Å². The molecule has 0 bridgehead atoms. The molecule has 0 aliphatic carbocycles. The molecule has 0 radical (unpaired) electrons. The SMILES string of the molecule is [N-]=[N+]=NCCCNC(=O)CCC(CCC(=O)NCCCN=[N+]=[N-])(CCC(=O)NCCCN=[N+]=[N-])NC(=O)CCC(N)(CCC(=O)NC(CCC(=O)NCCCN=[N+]=[N-])(CCC(=O)NCCCN=[N+]=[N-])CCC(=O)NCCCN=[N+]=[N-])CCC(=O)NC(CCC(=O)NCCCN=[N+]=[N-])(CCC(=O)NCCCN=[N+]=[N-])CCC(=O)NCCCN=[N+]=[N-]. The molecule has 12 amide bonds. The number of carbonyl (C=O) groups excluding carboxylic acids is 12. The molecular weight excluding hydrogens is 1560 g/mol. The van der Waals surface area contributed by atoms with Gasteiger partial charge in [0.2, 0.25) is 70.9 Å². The van der Waals surface area contributed by atoms with Gasteiger partial charge in [-0.25, -0.2) is 0 Å². The minimum Gasteiger partial charge on any atom is -0.356 e.